The second-order valence-electron chi connectivity index (χ2n) is 5.58. The molecule has 1 aromatic heterocycles. The maximum absolute atomic E-state index is 12.1. The smallest absolute Gasteiger partial charge is 0.223 e. The quantitative estimate of drug-likeness (QED) is 0.833. The van der Waals surface area contributed by atoms with E-state index in [1.54, 1.807) is 0 Å². The fourth-order valence-corrected chi connectivity index (χ4v) is 3.15. The first kappa shape index (κ1) is 11.8. The molecule has 2 fully saturated rings. The summed E-state index contributed by atoms with van der Waals surface area (Å²) in [6.45, 7) is 3.75. The van der Waals surface area contributed by atoms with E-state index in [0.29, 0.717) is 5.41 Å². The molecule has 2 N–H and O–H groups in total. The molecule has 1 saturated carbocycles. The number of nitrogens with one attached hydrogen (secondary N) is 2. The van der Waals surface area contributed by atoms with E-state index in [2.05, 4.69) is 15.2 Å². The van der Waals surface area contributed by atoms with Gasteiger partial charge in [0.15, 0.2) is 0 Å². The Bertz CT molecular complexity index is 407. The van der Waals surface area contributed by atoms with Gasteiger partial charge in [-0.3, -0.25) is 4.79 Å². The number of carbonyl (C=O) groups excluding carboxylic acids is 1. The van der Waals surface area contributed by atoms with E-state index in [4.69, 9.17) is 0 Å². The highest BCUT2D eigenvalue weighted by Crippen LogP contribution is 2.58. The number of nitrogens with zero attached hydrogens (tertiary/aromatic N) is 1. The predicted molar refractivity (Wildman–Crippen MR) is 70.1 cm³/mol. The van der Waals surface area contributed by atoms with E-state index in [1.807, 2.05) is 24.5 Å². The van der Waals surface area contributed by atoms with Gasteiger partial charge in [0.25, 0.3) is 0 Å². The third kappa shape index (κ3) is 2.29. The van der Waals surface area contributed by atoms with Crippen LogP contribution in [0.4, 0.5) is 0 Å². The fourth-order valence-electron chi connectivity index (χ4n) is 3.15. The molecule has 1 aromatic rings. The molecule has 1 saturated heterocycles. The van der Waals surface area contributed by atoms with Crippen LogP contribution in [0.3, 0.4) is 0 Å². The van der Waals surface area contributed by atoms with Crippen LogP contribution in [0.25, 0.3) is 0 Å². The van der Waals surface area contributed by atoms with Gasteiger partial charge in [-0.1, -0.05) is 0 Å². The molecule has 1 amide bonds. The molecule has 4 heteroatoms. The lowest BCUT2D eigenvalue weighted by molar-refractivity contribution is -0.123. The van der Waals surface area contributed by atoms with Crippen LogP contribution in [0.2, 0.25) is 0 Å². The molecule has 2 heterocycles. The van der Waals surface area contributed by atoms with Gasteiger partial charge in [0, 0.05) is 31.4 Å². The van der Waals surface area contributed by atoms with Crippen LogP contribution < -0.4 is 10.6 Å². The Kier molecular flexibility index (Phi) is 3.12. The summed E-state index contributed by atoms with van der Waals surface area (Å²) in [7, 11) is 0. The van der Waals surface area contributed by atoms with Crippen LogP contribution >= 0.6 is 0 Å². The van der Waals surface area contributed by atoms with Crippen LogP contribution in [0.1, 0.15) is 19.3 Å². The number of piperidine rings is 1. The Morgan fingerprint density at radius 2 is 2.06 bits per heavy atom. The largest absolute Gasteiger partial charge is 0.354 e. The van der Waals surface area contributed by atoms with Crippen molar-refractivity contribution in [1.29, 1.82) is 0 Å². The Labute approximate surface area is 108 Å². The van der Waals surface area contributed by atoms with Crippen molar-refractivity contribution in [3.8, 4) is 0 Å². The zero-order valence-electron chi connectivity index (χ0n) is 10.7. The molecule has 1 aliphatic heterocycles. The Balaban J connectivity index is 1.43. The summed E-state index contributed by atoms with van der Waals surface area (Å²) in [5.74, 6) is 0.549. The van der Waals surface area contributed by atoms with Gasteiger partial charge < -0.3 is 15.2 Å². The van der Waals surface area contributed by atoms with Crippen LogP contribution in [0.5, 0.6) is 0 Å². The molecule has 0 bridgehead atoms. The molecule has 1 unspecified atom stereocenters. The third-order valence-electron chi connectivity index (χ3n) is 4.44. The van der Waals surface area contributed by atoms with Crippen LogP contribution in [0.15, 0.2) is 24.5 Å². The first-order chi connectivity index (χ1) is 8.80. The number of amides is 1. The van der Waals surface area contributed by atoms with Crippen molar-refractivity contribution in [1.82, 2.24) is 15.2 Å². The minimum absolute atomic E-state index is 0.268. The normalized spacial score (nSPS) is 25.0. The fraction of sp³-hybridized carbons (Fsp3) is 0.643. The lowest BCUT2D eigenvalue weighted by Gasteiger charge is -2.23. The van der Waals surface area contributed by atoms with Crippen LogP contribution in [0, 0.1) is 11.3 Å². The van der Waals surface area contributed by atoms with Gasteiger partial charge >= 0.3 is 0 Å². The zero-order valence-corrected chi connectivity index (χ0v) is 10.7. The maximum atomic E-state index is 12.1. The van der Waals surface area contributed by atoms with Crippen molar-refractivity contribution in [2.75, 3.05) is 19.6 Å². The Morgan fingerprint density at radius 1 is 1.33 bits per heavy atom. The maximum Gasteiger partial charge on any atom is 0.223 e. The third-order valence-corrected chi connectivity index (χ3v) is 4.44. The lowest BCUT2D eigenvalue weighted by Crippen LogP contribution is -2.34. The van der Waals surface area contributed by atoms with Gasteiger partial charge in [-0.15, -0.1) is 0 Å². The van der Waals surface area contributed by atoms with Gasteiger partial charge in [-0.2, -0.15) is 0 Å². The standard InChI is InChI=1S/C14H21N3O/c18-13(16-7-10-17-8-1-2-9-17)12-11-14(12)3-5-15-6-4-14/h1-2,8-9,12,15H,3-7,10-11H2,(H,16,18). The highest BCUT2D eigenvalue weighted by molar-refractivity contribution is 5.82. The van der Waals surface area contributed by atoms with E-state index in [0.717, 1.165) is 32.6 Å². The molecular weight excluding hydrogens is 226 g/mol. The summed E-state index contributed by atoms with van der Waals surface area (Å²) in [4.78, 5) is 12.1. The number of aromatic nitrogens is 1. The summed E-state index contributed by atoms with van der Waals surface area (Å²) in [6, 6.07) is 4.01. The molecule has 1 spiro atoms. The number of hydrogen-bond donors (Lipinski definition) is 2. The van der Waals surface area contributed by atoms with Gasteiger partial charge in [0.05, 0.1) is 0 Å². The van der Waals surface area contributed by atoms with Gasteiger partial charge in [0.1, 0.15) is 0 Å². The molecule has 18 heavy (non-hydrogen) atoms. The number of hydrogen-bond acceptors (Lipinski definition) is 2. The van der Waals surface area contributed by atoms with Crippen molar-refractivity contribution in [2.24, 2.45) is 11.3 Å². The lowest BCUT2D eigenvalue weighted by atomic mass is 9.92. The molecule has 1 atom stereocenters. The minimum Gasteiger partial charge on any atom is -0.354 e. The van der Waals surface area contributed by atoms with Crippen molar-refractivity contribution < 1.29 is 4.79 Å². The molecular formula is C14H21N3O. The van der Waals surface area contributed by atoms with E-state index in [1.165, 1.54) is 12.8 Å². The van der Waals surface area contributed by atoms with Gasteiger partial charge in [0.2, 0.25) is 5.91 Å². The Morgan fingerprint density at radius 3 is 2.78 bits per heavy atom. The molecule has 4 nitrogen and oxygen atoms in total. The van der Waals surface area contributed by atoms with E-state index < -0.39 is 0 Å². The minimum atomic E-state index is 0.268. The van der Waals surface area contributed by atoms with E-state index in [9.17, 15) is 4.79 Å². The Hall–Kier alpha value is -1.29. The zero-order chi connectivity index (χ0) is 12.4. The summed E-state index contributed by atoms with van der Waals surface area (Å²) < 4.78 is 2.09. The predicted octanol–water partition coefficient (Wildman–Crippen LogP) is 0.994. The summed E-state index contributed by atoms with van der Waals surface area (Å²) in [5.41, 5.74) is 0.350. The molecule has 98 valence electrons. The summed E-state index contributed by atoms with van der Waals surface area (Å²) in [5, 5.41) is 6.44. The topological polar surface area (TPSA) is 46.1 Å². The van der Waals surface area contributed by atoms with Crippen LogP contribution in [-0.4, -0.2) is 30.1 Å². The monoisotopic (exact) mass is 247 g/mol. The second-order valence-corrected chi connectivity index (χ2v) is 5.58. The van der Waals surface area contributed by atoms with Crippen molar-refractivity contribution in [3.63, 3.8) is 0 Å². The average Bonchev–Trinajstić information content (AvgIpc) is 2.85. The molecule has 1 aliphatic carbocycles. The molecule has 0 aromatic carbocycles. The molecule has 2 aliphatic rings. The van der Waals surface area contributed by atoms with Crippen molar-refractivity contribution in [3.05, 3.63) is 24.5 Å². The van der Waals surface area contributed by atoms with Gasteiger partial charge in [-0.05, 0) is 49.9 Å². The number of carbonyl (C=O) groups is 1. The van der Waals surface area contributed by atoms with Gasteiger partial charge in [-0.25, -0.2) is 0 Å². The average molecular weight is 247 g/mol. The van der Waals surface area contributed by atoms with Crippen molar-refractivity contribution >= 4 is 5.91 Å². The van der Waals surface area contributed by atoms with E-state index in [-0.39, 0.29) is 11.8 Å². The highest BCUT2D eigenvalue weighted by atomic mass is 16.2. The molecule has 0 radical (unpaired) electrons. The summed E-state index contributed by atoms with van der Waals surface area (Å²) >= 11 is 0. The molecule has 3 rings (SSSR count). The summed E-state index contributed by atoms with van der Waals surface area (Å²) in [6.07, 6.45) is 7.49. The van der Waals surface area contributed by atoms with Crippen LogP contribution in [-0.2, 0) is 11.3 Å². The number of rotatable bonds is 4. The highest BCUT2D eigenvalue weighted by Gasteiger charge is 2.57. The first-order valence-electron chi connectivity index (χ1n) is 6.89. The SMILES string of the molecule is O=C(NCCn1cccc1)C1CC12CCNCC2. The van der Waals surface area contributed by atoms with Crippen molar-refractivity contribution in [2.45, 2.75) is 25.8 Å². The first-order valence-corrected chi connectivity index (χ1v) is 6.89. The second kappa shape index (κ2) is 4.76. The van der Waals surface area contributed by atoms with E-state index >= 15 is 0 Å².